The number of rotatable bonds is 7. The molecule has 1 amide bonds. The third kappa shape index (κ3) is 6.06. The number of hydrogen-bond acceptors (Lipinski definition) is 4. The van der Waals surface area contributed by atoms with Crippen LogP contribution < -0.4 is 10.1 Å². The van der Waals surface area contributed by atoms with Crippen LogP contribution >= 0.6 is 15.9 Å². The van der Waals surface area contributed by atoms with Gasteiger partial charge in [-0.15, -0.1) is 0 Å². The number of nitrogens with one attached hydrogen (secondary N) is 1. The number of hydrogen-bond donors (Lipinski definition) is 1. The molecule has 0 aromatic heterocycles. The summed E-state index contributed by atoms with van der Waals surface area (Å²) in [4.78, 5) is 14.6. The summed E-state index contributed by atoms with van der Waals surface area (Å²) in [5.41, 5.74) is 2.43. The minimum absolute atomic E-state index is 0.00532. The standard InChI is InChI=1S/C21H25BrN2O3/c1-16-2-4-17(5-3-16)20(24-10-12-26-13-11-24)14-23-21(25)15-27-19-8-6-18(22)7-9-19/h2-9,20H,10-15H2,1H3,(H,23,25)/t20-/m1/s1. The molecule has 0 aliphatic carbocycles. The summed E-state index contributed by atoms with van der Waals surface area (Å²) in [6.45, 7) is 5.81. The molecule has 1 N–H and O–H groups in total. The fourth-order valence-corrected chi connectivity index (χ4v) is 3.34. The summed E-state index contributed by atoms with van der Waals surface area (Å²) in [6.07, 6.45) is 0. The molecule has 27 heavy (non-hydrogen) atoms. The van der Waals surface area contributed by atoms with E-state index in [9.17, 15) is 4.79 Å². The molecule has 0 unspecified atom stereocenters. The lowest BCUT2D eigenvalue weighted by Gasteiger charge is -2.35. The number of aryl methyl sites for hydroxylation is 1. The van der Waals surface area contributed by atoms with Crippen molar-refractivity contribution in [1.82, 2.24) is 10.2 Å². The Balaban J connectivity index is 1.57. The summed E-state index contributed by atoms with van der Waals surface area (Å²) in [5.74, 6) is 0.555. The minimum Gasteiger partial charge on any atom is -0.484 e. The molecule has 1 fully saturated rings. The lowest BCUT2D eigenvalue weighted by molar-refractivity contribution is -0.123. The van der Waals surface area contributed by atoms with Crippen LogP contribution in [0.25, 0.3) is 0 Å². The highest BCUT2D eigenvalue weighted by Crippen LogP contribution is 2.22. The Bertz CT molecular complexity index is 728. The maximum absolute atomic E-state index is 12.3. The first kappa shape index (κ1) is 19.9. The second-order valence-electron chi connectivity index (χ2n) is 6.62. The van der Waals surface area contributed by atoms with Crippen LogP contribution in [0.4, 0.5) is 0 Å². The number of benzene rings is 2. The first-order chi connectivity index (χ1) is 13.1. The van der Waals surface area contributed by atoms with Crippen molar-refractivity contribution in [2.45, 2.75) is 13.0 Å². The number of ether oxygens (including phenoxy) is 2. The molecule has 0 radical (unpaired) electrons. The van der Waals surface area contributed by atoms with Crippen LogP contribution in [0.15, 0.2) is 53.0 Å². The van der Waals surface area contributed by atoms with E-state index in [4.69, 9.17) is 9.47 Å². The predicted octanol–water partition coefficient (Wildman–Crippen LogP) is 3.33. The number of nitrogens with zero attached hydrogens (tertiary/aromatic N) is 1. The summed E-state index contributed by atoms with van der Waals surface area (Å²) >= 11 is 3.38. The Morgan fingerprint density at radius 3 is 2.48 bits per heavy atom. The van der Waals surface area contributed by atoms with Gasteiger partial charge in [0.2, 0.25) is 0 Å². The average Bonchev–Trinajstić information content (AvgIpc) is 2.70. The second kappa shape index (κ2) is 9.88. The molecule has 1 saturated heterocycles. The van der Waals surface area contributed by atoms with E-state index in [-0.39, 0.29) is 18.6 Å². The van der Waals surface area contributed by atoms with Gasteiger partial charge in [-0.05, 0) is 36.8 Å². The Labute approximate surface area is 168 Å². The van der Waals surface area contributed by atoms with Crippen molar-refractivity contribution >= 4 is 21.8 Å². The Morgan fingerprint density at radius 2 is 1.81 bits per heavy atom. The molecule has 0 spiro atoms. The van der Waals surface area contributed by atoms with Crippen molar-refractivity contribution in [3.05, 3.63) is 64.1 Å². The number of halogens is 1. The molecule has 144 valence electrons. The molecule has 2 aromatic rings. The summed E-state index contributed by atoms with van der Waals surface area (Å²) in [6, 6.07) is 16.1. The van der Waals surface area contributed by atoms with E-state index < -0.39 is 0 Å². The van der Waals surface area contributed by atoms with E-state index in [1.165, 1.54) is 11.1 Å². The SMILES string of the molecule is Cc1ccc([C@@H](CNC(=O)COc2ccc(Br)cc2)N2CCOCC2)cc1. The van der Waals surface area contributed by atoms with Gasteiger partial charge >= 0.3 is 0 Å². The predicted molar refractivity (Wildman–Crippen MR) is 109 cm³/mol. The smallest absolute Gasteiger partial charge is 0.258 e. The van der Waals surface area contributed by atoms with E-state index in [1.807, 2.05) is 24.3 Å². The number of carbonyl (C=O) groups excluding carboxylic acids is 1. The largest absolute Gasteiger partial charge is 0.484 e. The third-order valence-corrected chi connectivity index (χ3v) is 5.15. The van der Waals surface area contributed by atoms with Gasteiger partial charge in [0, 0.05) is 24.1 Å². The molecular formula is C21H25BrN2O3. The molecule has 5 nitrogen and oxygen atoms in total. The monoisotopic (exact) mass is 432 g/mol. The lowest BCUT2D eigenvalue weighted by atomic mass is 10.0. The first-order valence-electron chi connectivity index (χ1n) is 9.15. The van der Waals surface area contributed by atoms with Gasteiger partial charge in [0.25, 0.3) is 5.91 Å². The summed E-state index contributed by atoms with van der Waals surface area (Å²) < 4.78 is 12.0. The van der Waals surface area contributed by atoms with Gasteiger partial charge in [-0.25, -0.2) is 0 Å². The zero-order chi connectivity index (χ0) is 19.1. The first-order valence-corrected chi connectivity index (χ1v) is 9.94. The van der Waals surface area contributed by atoms with Crippen LogP contribution in [-0.4, -0.2) is 50.3 Å². The average molecular weight is 433 g/mol. The number of amides is 1. The summed E-state index contributed by atoms with van der Waals surface area (Å²) in [5, 5.41) is 3.02. The maximum Gasteiger partial charge on any atom is 0.258 e. The van der Waals surface area contributed by atoms with Crippen molar-refractivity contribution < 1.29 is 14.3 Å². The van der Waals surface area contributed by atoms with E-state index in [0.29, 0.717) is 12.3 Å². The third-order valence-electron chi connectivity index (χ3n) is 4.62. The van der Waals surface area contributed by atoms with Crippen molar-refractivity contribution in [2.75, 3.05) is 39.5 Å². The molecule has 2 aromatic carbocycles. The lowest BCUT2D eigenvalue weighted by Crippen LogP contribution is -2.44. The van der Waals surface area contributed by atoms with Gasteiger partial charge < -0.3 is 14.8 Å². The Hall–Kier alpha value is -1.89. The molecule has 1 atom stereocenters. The molecule has 0 bridgehead atoms. The van der Waals surface area contributed by atoms with Crippen LogP contribution in [-0.2, 0) is 9.53 Å². The molecule has 0 saturated carbocycles. The molecule has 3 rings (SSSR count). The van der Waals surface area contributed by atoms with Gasteiger partial charge in [-0.2, -0.15) is 0 Å². The van der Waals surface area contributed by atoms with E-state index in [1.54, 1.807) is 0 Å². The highest BCUT2D eigenvalue weighted by molar-refractivity contribution is 9.10. The van der Waals surface area contributed by atoms with Crippen LogP contribution in [0.2, 0.25) is 0 Å². The van der Waals surface area contributed by atoms with E-state index in [2.05, 4.69) is 57.3 Å². The maximum atomic E-state index is 12.3. The quantitative estimate of drug-likeness (QED) is 0.728. The molecule has 1 aliphatic heterocycles. The van der Waals surface area contributed by atoms with Gasteiger partial charge in [-0.3, -0.25) is 9.69 Å². The van der Waals surface area contributed by atoms with Crippen LogP contribution in [0, 0.1) is 6.92 Å². The molecule has 6 heteroatoms. The van der Waals surface area contributed by atoms with Crippen molar-refractivity contribution in [2.24, 2.45) is 0 Å². The molecular weight excluding hydrogens is 408 g/mol. The second-order valence-corrected chi connectivity index (χ2v) is 7.54. The topological polar surface area (TPSA) is 50.8 Å². The van der Waals surface area contributed by atoms with Crippen LogP contribution in [0.3, 0.4) is 0 Å². The van der Waals surface area contributed by atoms with Crippen LogP contribution in [0.1, 0.15) is 17.2 Å². The minimum atomic E-state index is -0.122. The van der Waals surface area contributed by atoms with E-state index >= 15 is 0 Å². The van der Waals surface area contributed by atoms with Gasteiger partial charge in [0.05, 0.1) is 19.3 Å². The Kier molecular flexibility index (Phi) is 7.26. The number of morpholine rings is 1. The summed E-state index contributed by atoms with van der Waals surface area (Å²) in [7, 11) is 0. The van der Waals surface area contributed by atoms with E-state index in [0.717, 1.165) is 30.8 Å². The van der Waals surface area contributed by atoms with Gasteiger partial charge in [0.1, 0.15) is 5.75 Å². The fourth-order valence-electron chi connectivity index (χ4n) is 3.08. The zero-order valence-corrected chi connectivity index (χ0v) is 17.1. The van der Waals surface area contributed by atoms with Crippen LogP contribution in [0.5, 0.6) is 5.75 Å². The van der Waals surface area contributed by atoms with Gasteiger partial charge in [0.15, 0.2) is 6.61 Å². The van der Waals surface area contributed by atoms with Crippen molar-refractivity contribution in [3.8, 4) is 5.75 Å². The van der Waals surface area contributed by atoms with Crippen molar-refractivity contribution in [3.63, 3.8) is 0 Å². The molecule has 1 heterocycles. The Morgan fingerprint density at radius 1 is 1.15 bits per heavy atom. The van der Waals surface area contributed by atoms with Crippen molar-refractivity contribution in [1.29, 1.82) is 0 Å². The van der Waals surface area contributed by atoms with Gasteiger partial charge in [-0.1, -0.05) is 45.8 Å². The molecule has 1 aliphatic rings. The fraction of sp³-hybridized carbons (Fsp3) is 0.381. The zero-order valence-electron chi connectivity index (χ0n) is 15.5. The number of carbonyl (C=O) groups is 1. The highest BCUT2D eigenvalue weighted by atomic mass is 79.9. The normalized spacial score (nSPS) is 15.9. The highest BCUT2D eigenvalue weighted by Gasteiger charge is 2.23.